The van der Waals surface area contributed by atoms with Gasteiger partial charge in [0.25, 0.3) is 0 Å². The Morgan fingerprint density at radius 1 is 1.29 bits per heavy atom. The molecule has 1 aliphatic carbocycles. The number of hydrogen-bond donors (Lipinski definition) is 1. The van der Waals surface area contributed by atoms with Crippen LogP contribution in [0.15, 0.2) is 36.4 Å². The first kappa shape index (κ1) is 11.3. The number of rotatable bonds is 3. The quantitative estimate of drug-likeness (QED) is 0.882. The number of aliphatic hydroxyl groups excluding tert-OH is 1. The van der Waals surface area contributed by atoms with Crippen molar-refractivity contribution in [3.63, 3.8) is 0 Å². The van der Waals surface area contributed by atoms with Gasteiger partial charge in [-0.25, -0.2) is 0 Å². The van der Waals surface area contributed by atoms with Gasteiger partial charge in [-0.1, -0.05) is 35.9 Å². The SMILES string of the molecule is OC(CC1Cc2ccccc21)c1ccc(Cl)s1. The lowest BCUT2D eigenvalue weighted by molar-refractivity contribution is 0.157. The number of aliphatic hydroxyl groups is 1. The second kappa shape index (κ2) is 4.45. The van der Waals surface area contributed by atoms with Crippen molar-refractivity contribution in [3.05, 3.63) is 56.7 Å². The average Bonchev–Trinajstić information content (AvgIpc) is 2.73. The van der Waals surface area contributed by atoms with Crippen LogP contribution in [0.3, 0.4) is 0 Å². The summed E-state index contributed by atoms with van der Waals surface area (Å²) in [6, 6.07) is 12.2. The van der Waals surface area contributed by atoms with Crippen LogP contribution in [0.25, 0.3) is 0 Å². The summed E-state index contributed by atoms with van der Waals surface area (Å²) in [7, 11) is 0. The van der Waals surface area contributed by atoms with Gasteiger partial charge < -0.3 is 5.11 Å². The average molecular weight is 265 g/mol. The minimum atomic E-state index is -0.383. The van der Waals surface area contributed by atoms with Crippen LogP contribution in [0.4, 0.5) is 0 Å². The molecule has 1 aliphatic rings. The topological polar surface area (TPSA) is 20.2 Å². The van der Waals surface area contributed by atoms with Gasteiger partial charge in [0.15, 0.2) is 0 Å². The number of thiophene rings is 1. The van der Waals surface area contributed by atoms with E-state index >= 15 is 0 Å². The third-order valence-electron chi connectivity index (χ3n) is 3.39. The van der Waals surface area contributed by atoms with E-state index in [1.165, 1.54) is 22.5 Å². The van der Waals surface area contributed by atoms with E-state index in [-0.39, 0.29) is 6.10 Å². The van der Waals surface area contributed by atoms with E-state index in [1.807, 2.05) is 12.1 Å². The largest absolute Gasteiger partial charge is 0.388 e. The fourth-order valence-corrected chi connectivity index (χ4v) is 3.53. The van der Waals surface area contributed by atoms with E-state index in [9.17, 15) is 5.11 Å². The first-order chi connectivity index (χ1) is 8.24. The zero-order chi connectivity index (χ0) is 11.8. The second-order valence-electron chi connectivity index (χ2n) is 4.49. The van der Waals surface area contributed by atoms with Gasteiger partial charge in [-0.2, -0.15) is 0 Å². The van der Waals surface area contributed by atoms with Crippen molar-refractivity contribution < 1.29 is 5.11 Å². The number of hydrogen-bond acceptors (Lipinski definition) is 2. The lowest BCUT2D eigenvalue weighted by Crippen LogP contribution is -2.19. The molecular weight excluding hydrogens is 252 g/mol. The van der Waals surface area contributed by atoms with Gasteiger partial charge in [-0.3, -0.25) is 0 Å². The molecule has 17 heavy (non-hydrogen) atoms. The van der Waals surface area contributed by atoms with Crippen LogP contribution < -0.4 is 0 Å². The van der Waals surface area contributed by atoms with E-state index in [1.54, 1.807) is 0 Å². The number of benzene rings is 1. The smallest absolute Gasteiger partial charge is 0.0932 e. The molecule has 88 valence electrons. The molecule has 3 rings (SSSR count). The van der Waals surface area contributed by atoms with Gasteiger partial charge in [-0.15, -0.1) is 11.3 Å². The molecule has 2 atom stereocenters. The van der Waals surface area contributed by atoms with E-state index in [0.29, 0.717) is 5.92 Å². The highest BCUT2D eigenvalue weighted by molar-refractivity contribution is 7.16. The predicted octanol–water partition coefficient (Wildman–Crippen LogP) is 4.16. The Kier molecular flexibility index (Phi) is 2.95. The molecule has 0 amide bonds. The van der Waals surface area contributed by atoms with Crippen molar-refractivity contribution in [2.75, 3.05) is 0 Å². The molecule has 1 aromatic carbocycles. The summed E-state index contributed by atoms with van der Waals surface area (Å²) in [5, 5.41) is 10.1. The van der Waals surface area contributed by atoms with E-state index in [0.717, 1.165) is 22.1 Å². The second-order valence-corrected chi connectivity index (χ2v) is 6.24. The summed E-state index contributed by atoms with van der Waals surface area (Å²) in [5.41, 5.74) is 2.82. The van der Waals surface area contributed by atoms with Crippen LogP contribution in [-0.2, 0) is 6.42 Å². The first-order valence-corrected chi connectivity index (χ1v) is 6.94. The number of fused-ring (bicyclic) bond motifs is 1. The summed E-state index contributed by atoms with van der Waals surface area (Å²) in [4.78, 5) is 0.972. The molecule has 0 spiro atoms. The molecule has 0 aliphatic heterocycles. The molecule has 1 heterocycles. The molecule has 2 unspecified atom stereocenters. The molecule has 1 N–H and O–H groups in total. The predicted molar refractivity (Wildman–Crippen MR) is 71.8 cm³/mol. The van der Waals surface area contributed by atoms with E-state index < -0.39 is 0 Å². The summed E-state index contributed by atoms with van der Waals surface area (Å²) in [5.74, 6) is 0.502. The minimum absolute atomic E-state index is 0.383. The molecule has 1 nitrogen and oxygen atoms in total. The third kappa shape index (κ3) is 2.13. The number of halogens is 1. The Hall–Kier alpha value is -0.830. The van der Waals surface area contributed by atoms with Gasteiger partial charge in [0.1, 0.15) is 0 Å². The van der Waals surface area contributed by atoms with Crippen molar-refractivity contribution in [1.29, 1.82) is 0 Å². The molecule has 0 saturated heterocycles. The van der Waals surface area contributed by atoms with Crippen LogP contribution in [0.1, 0.15) is 34.4 Å². The van der Waals surface area contributed by atoms with Crippen molar-refractivity contribution >= 4 is 22.9 Å². The monoisotopic (exact) mass is 264 g/mol. The van der Waals surface area contributed by atoms with Crippen molar-refractivity contribution in [2.24, 2.45) is 0 Å². The van der Waals surface area contributed by atoms with Crippen molar-refractivity contribution in [2.45, 2.75) is 24.9 Å². The molecule has 3 heteroatoms. The maximum atomic E-state index is 10.1. The molecule has 0 fully saturated rings. The lowest BCUT2D eigenvalue weighted by Gasteiger charge is -2.31. The van der Waals surface area contributed by atoms with Gasteiger partial charge in [-0.05, 0) is 42.0 Å². The normalized spacial score (nSPS) is 19.5. The highest BCUT2D eigenvalue weighted by Crippen LogP contribution is 2.41. The van der Waals surface area contributed by atoms with Gasteiger partial charge in [0.2, 0.25) is 0 Å². The van der Waals surface area contributed by atoms with Crippen LogP contribution in [-0.4, -0.2) is 5.11 Å². The Labute approximate surface area is 110 Å². The fourth-order valence-electron chi connectivity index (χ4n) is 2.47. The highest BCUT2D eigenvalue weighted by atomic mass is 35.5. The van der Waals surface area contributed by atoms with Crippen molar-refractivity contribution in [3.8, 4) is 0 Å². The maximum Gasteiger partial charge on any atom is 0.0932 e. The van der Waals surface area contributed by atoms with Gasteiger partial charge >= 0.3 is 0 Å². The Balaban J connectivity index is 1.70. The molecule has 1 aromatic heterocycles. The van der Waals surface area contributed by atoms with E-state index in [2.05, 4.69) is 24.3 Å². The Morgan fingerprint density at radius 2 is 2.12 bits per heavy atom. The Morgan fingerprint density at radius 3 is 2.82 bits per heavy atom. The van der Waals surface area contributed by atoms with E-state index in [4.69, 9.17) is 11.6 Å². The molecule has 2 aromatic rings. The standard InChI is InChI=1S/C14H13ClOS/c15-14-6-5-13(17-14)12(16)8-10-7-9-3-1-2-4-11(9)10/h1-6,10,12,16H,7-8H2. The third-order valence-corrected chi connectivity index (χ3v) is 4.72. The summed E-state index contributed by atoms with van der Waals surface area (Å²) >= 11 is 7.35. The summed E-state index contributed by atoms with van der Waals surface area (Å²) in [6.07, 6.45) is 1.51. The van der Waals surface area contributed by atoms with Crippen molar-refractivity contribution in [1.82, 2.24) is 0 Å². The zero-order valence-electron chi connectivity index (χ0n) is 9.27. The minimum Gasteiger partial charge on any atom is -0.388 e. The highest BCUT2D eigenvalue weighted by Gasteiger charge is 2.28. The lowest BCUT2D eigenvalue weighted by atomic mass is 9.75. The van der Waals surface area contributed by atoms with Gasteiger partial charge in [0, 0.05) is 4.88 Å². The zero-order valence-corrected chi connectivity index (χ0v) is 10.8. The van der Waals surface area contributed by atoms with Crippen LogP contribution in [0.2, 0.25) is 4.34 Å². The Bertz CT molecular complexity index is 535. The molecule has 0 saturated carbocycles. The molecule has 0 radical (unpaired) electrons. The first-order valence-electron chi connectivity index (χ1n) is 5.75. The summed E-state index contributed by atoms with van der Waals surface area (Å²) in [6.45, 7) is 0. The maximum absolute atomic E-state index is 10.1. The fraction of sp³-hybridized carbons (Fsp3) is 0.286. The van der Waals surface area contributed by atoms with Crippen LogP contribution in [0.5, 0.6) is 0 Å². The van der Waals surface area contributed by atoms with Gasteiger partial charge in [0.05, 0.1) is 10.4 Å². The summed E-state index contributed by atoms with van der Waals surface area (Å²) < 4.78 is 0.744. The van der Waals surface area contributed by atoms with Crippen LogP contribution >= 0.6 is 22.9 Å². The molecule has 0 bridgehead atoms. The molecular formula is C14H13ClOS. The van der Waals surface area contributed by atoms with Crippen LogP contribution in [0, 0.1) is 0 Å².